The maximum Gasteiger partial charge on any atom is 0.262 e. The highest BCUT2D eigenvalue weighted by Gasteiger charge is 2.14. The zero-order valence-corrected chi connectivity index (χ0v) is 18.4. The molecule has 0 atom stereocenters. The third-order valence-corrected chi connectivity index (χ3v) is 5.94. The van der Waals surface area contributed by atoms with Gasteiger partial charge in [0.15, 0.2) is 5.16 Å². The summed E-state index contributed by atoms with van der Waals surface area (Å²) in [6, 6.07) is 22.2. The maximum atomic E-state index is 13.2. The van der Waals surface area contributed by atoms with Gasteiger partial charge in [-0.1, -0.05) is 65.3 Å². The number of nitrogens with one attached hydrogen (secondary N) is 1. The van der Waals surface area contributed by atoms with Crippen LogP contribution in [-0.4, -0.2) is 21.2 Å². The number of fused-ring (bicyclic) bond motifs is 1. The number of carbonyl (C=O) groups is 1. The van der Waals surface area contributed by atoms with E-state index in [4.69, 9.17) is 11.6 Å². The summed E-state index contributed by atoms with van der Waals surface area (Å²) >= 11 is 7.35. The number of rotatable bonds is 6. The molecule has 0 radical (unpaired) electrons. The molecule has 0 aliphatic heterocycles. The summed E-state index contributed by atoms with van der Waals surface area (Å²) in [5, 5.41) is 4.51. The van der Waals surface area contributed by atoms with E-state index in [1.807, 2.05) is 61.5 Å². The number of aromatic nitrogens is 2. The van der Waals surface area contributed by atoms with E-state index in [1.165, 1.54) is 11.8 Å². The first-order valence-electron chi connectivity index (χ1n) is 9.73. The second-order valence-electron chi connectivity index (χ2n) is 7.14. The number of nitrogens with zero attached hydrogens (tertiary/aromatic N) is 2. The Labute approximate surface area is 189 Å². The standard InChI is InChI=1S/C24H20ClN3O2S/c1-16-9-11-19(12-10-16)26-22(29)15-31-24-27-21-8-3-2-7-20(21)23(30)28(24)14-17-5-4-6-18(25)13-17/h2-13H,14-15H2,1H3,(H,26,29). The van der Waals surface area contributed by atoms with Crippen LogP contribution in [0.5, 0.6) is 0 Å². The monoisotopic (exact) mass is 449 g/mol. The fourth-order valence-electron chi connectivity index (χ4n) is 3.18. The number of hydrogen-bond acceptors (Lipinski definition) is 4. The minimum Gasteiger partial charge on any atom is -0.325 e. The lowest BCUT2D eigenvalue weighted by Gasteiger charge is -2.13. The van der Waals surface area contributed by atoms with Crippen molar-refractivity contribution in [1.82, 2.24) is 9.55 Å². The van der Waals surface area contributed by atoms with E-state index in [0.29, 0.717) is 27.6 Å². The van der Waals surface area contributed by atoms with E-state index in [9.17, 15) is 9.59 Å². The van der Waals surface area contributed by atoms with Crippen LogP contribution in [0.2, 0.25) is 5.02 Å². The molecule has 1 amide bonds. The second kappa shape index (κ2) is 9.37. The van der Waals surface area contributed by atoms with E-state index < -0.39 is 0 Å². The quantitative estimate of drug-likeness (QED) is 0.327. The van der Waals surface area contributed by atoms with E-state index in [1.54, 1.807) is 22.8 Å². The smallest absolute Gasteiger partial charge is 0.262 e. The van der Waals surface area contributed by atoms with Gasteiger partial charge in [-0.25, -0.2) is 4.98 Å². The lowest BCUT2D eigenvalue weighted by molar-refractivity contribution is -0.113. The number of para-hydroxylation sites is 1. The van der Waals surface area contributed by atoms with Crippen LogP contribution in [0.1, 0.15) is 11.1 Å². The third-order valence-electron chi connectivity index (χ3n) is 4.72. The van der Waals surface area contributed by atoms with Crippen LogP contribution in [0.25, 0.3) is 10.9 Å². The van der Waals surface area contributed by atoms with Gasteiger partial charge in [-0.2, -0.15) is 0 Å². The number of anilines is 1. The van der Waals surface area contributed by atoms with E-state index >= 15 is 0 Å². The van der Waals surface area contributed by atoms with Crippen LogP contribution in [0, 0.1) is 6.92 Å². The summed E-state index contributed by atoms with van der Waals surface area (Å²) in [7, 11) is 0. The number of hydrogen-bond donors (Lipinski definition) is 1. The minimum atomic E-state index is -0.162. The second-order valence-corrected chi connectivity index (χ2v) is 8.51. The first kappa shape index (κ1) is 21.2. The molecule has 0 unspecified atom stereocenters. The van der Waals surface area contributed by atoms with Crippen molar-refractivity contribution >= 4 is 45.9 Å². The molecular formula is C24H20ClN3O2S. The molecule has 0 fully saturated rings. The van der Waals surface area contributed by atoms with Gasteiger partial charge in [0.2, 0.25) is 5.91 Å². The Kier molecular flexibility index (Phi) is 6.39. The largest absolute Gasteiger partial charge is 0.325 e. The van der Waals surface area contributed by atoms with Crippen LogP contribution >= 0.6 is 23.4 Å². The highest BCUT2D eigenvalue weighted by Crippen LogP contribution is 2.20. The van der Waals surface area contributed by atoms with Crippen molar-refractivity contribution in [1.29, 1.82) is 0 Å². The molecule has 0 saturated heterocycles. The van der Waals surface area contributed by atoms with E-state index in [-0.39, 0.29) is 17.2 Å². The number of carbonyl (C=O) groups excluding carboxylic acids is 1. The first-order valence-corrected chi connectivity index (χ1v) is 11.1. The fourth-order valence-corrected chi connectivity index (χ4v) is 4.19. The van der Waals surface area contributed by atoms with Crippen molar-refractivity contribution in [3.8, 4) is 0 Å². The Morgan fingerprint density at radius 1 is 1.06 bits per heavy atom. The Hall–Kier alpha value is -3.09. The fraction of sp³-hybridized carbons (Fsp3) is 0.125. The third kappa shape index (κ3) is 5.16. The first-order chi connectivity index (χ1) is 15.0. The van der Waals surface area contributed by atoms with Crippen LogP contribution in [0.4, 0.5) is 5.69 Å². The summed E-state index contributed by atoms with van der Waals surface area (Å²) in [5.74, 6) is -0.0284. The maximum absolute atomic E-state index is 13.2. The summed E-state index contributed by atoms with van der Waals surface area (Å²) in [6.45, 7) is 2.31. The van der Waals surface area contributed by atoms with Gasteiger partial charge in [0.1, 0.15) is 0 Å². The molecule has 156 valence electrons. The van der Waals surface area contributed by atoms with Crippen LogP contribution in [-0.2, 0) is 11.3 Å². The van der Waals surface area contributed by atoms with Gasteiger partial charge in [0.05, 0.1) is 23.2 Å². The van der Waals surface area contributed by atoms with Crippen molar-refractivity contribution in [2.45, 2.75) is 18.6 Å². The molecule has 4 rings (SSSR count). The number of amides is 1. The van der Waals surface area contributed by atoms with Gasteiger partial charge >= 0.3 is 0 Å². The molecule has 0 aliphatic carbocycles. The minimum absolute atomic E-state index is 0.133. The zero-order valence-electron chi connectivity index (χ0n) is 16.8. The van der Waals surface area contributed by atoms with Gasteiger partial charge in [-0.05, 0) is 48.9 Å². The zero-order chi connectivity index (χ0) is 21.8. The molecule has 31 heavy (non-hydrogen) atoms. The summed E-state index contributed by atoms with van der Waals surface area (Å²) in [6.07, 6.45) is 0. The normalized spacial score (nSPS) is 10.9. The molecule has 7 heteroatoms. The van der Waals surface area contributed by atoms with Crippen LogP contribution < -0.4 is 10.9 Å². The predicted octanol–water partition coefficient (Wildman–Crippen LogP) is 5.14. The Morgan fingerprint density at radius 3 is 2.61 bits per heavy atom. The van der Waals surface area contributed by atoms with E-state index in [2.05, 4.69) is 10.3 Å². The molecule has 0 spiro atoms. The van der Waals surface area contributed by atoms with Gasteiger partial charge in [0.25, 0.3) is 5.56 Å². The number of thioether (sulfide) groups is 1. The lowest BCUT2D eigenvalue weighted by Crippen LogP contribution is -2.25. The number of benzene rings is 3. The summed E-state index contributed by atoms with van der Waals surface area (Å²) < 4.78 is 1.60. The molecule has 0 bridgehead atoms. The van der Waals surface area contributed by atoms with Gasteiger partial charge in [-0.3, -0.25) is 14.2 Å². The highest BCUT2D eigenvalue weighted by atomic mass is 35.5. The number of aryl methyl sites for hydroxylation is 1. The van der Waals surface area contributed by atoms with Crippen molar-refractivity contribution in [3.05, 3.63) is 99.3 Å². The molecule has 1 N–H and O–H groups in total. The Morgan fingerprint density at radius 2 is 1.84 bits per heavy atom. The van der Waals surface area contributed by atoms with Gasteiger partial charge < -0.3 is 5.32 Å². The van der Waals surface area contributed by atoms with Crippen molar-refractivity contribution in [2.75, 3.05) is 11.1 Å². The number of halogens is 1. The van der Waals surface area contributed by atoms with Crippen LogP contribution in [0.15, 0.2) is 82.7 Å². The topological polar surface area (TPSA) is 64.0 Å². The molecular weight excluding hydrogens is 430 g/mol. The molecule has 0 saturated carbocycles. The highest BCUT2D eigenvalue weighted by molar-refractivity contribution is 7.99. The molecule has 4 aromatic rings. The molecule has 3 aromatic carbocycles. The van der Waals surface area contributed by atoms with Gasteiger partial charge in [0, 0.05) is 10.7 Å². The SMILES string of the molecule is Cc1ccc(NC(=O)CSc2nc3ccccc3c(=O)n2Cc2cccc(Cl)c2)cc1. The Balaban J connectivity index is 1.61. The van der Waals surface area contributed by atoms with Gasteiger partial charge in [-0.15, -0.1) is 0 Å². The molecule has 0 aliphatic rings. The van der Waals surface area contributed by atoms with Crippen molar-refractivity contribution in [2.24, 2.45) is 0 Å². The molecule has 5 nitrogen and oxygen atoms in total. The van der Waals surface area contributed by atoms with Crippen LogP contribution in [0.3, 0.4) is 0 Å². The predicted molar refractivity (Wildman–Crippen MR) is 127 cm³/mol. The summed E-state index contributed by atoms with van der Waals surface area (Å²) in [5.41, 5.74) is 3.21. The molecule has 1 aromatic heterocycles. The van der Waals surface area contributed by atoms with Crippen molar-refractivity contribution in [3.63, 3.8) is 0 Å². The Bertz CT molecular complexity index is 1300. The van der Waals surface area contributed by atoms with Crippen molar-refractivity contribution < 1.29 is 4.79 Å². The van der Waals surface area contributed by atoms with E-state index in [0.717, 1.165) is 16.8 Å². The molecule has 1 heterocycles. The lowest BCUT2D eigenvalue weighted by atomic mass is 10.2. The summed E-state index contributed by atoms with van der Waals surface area (Å²) in [4.78, 5) is 30.3. The average molecular weight is 450 g/mol. The average Bonchev–Trinajstić information content (AvgIpc) is 2.76.